The van der Waals surface area contributed by atoms with E-state index in [2.05, 4.69) is 16.0 Å². The van der Waals surface area contributed by atoms with Crippen LogP contribution in [-0.4, -0.2) is 87.6 Å². The molecule has 6 atom stereocenters. The van der Waals surface area contributed by atoms with Gasteiger partial charge in [-0.05, 0) is 95.3 Å². The van der Waals surface area contributed by atoms with Crippen LogP contribution in [0, 0.1) is 6.92 Å². The molecule has 16 heteroatoms. The second-order valence-corrected chi connectivity index (χ2v) is 21.0. The SMILES string of the molecule is CC1NC(=O)C(C(C)c2ccccc2)N(Cc2ccccc2Cl)C1=O.Cc1ccc(COC(=O)OCC(C)(C)NC(=O)C(C(C)c2ccccc2)N(Cc2ccccc2Cl)C(=O)C(C)NC(=O)OC(C)(C)C)cc1. The Bertz CT molecular complexity index is 2700. The van der Waals surface area contributed by atoms with Gasteiger partial charge in [-0.3, -0.25) is 19.2 Å². The molecule has 0 bridgehead atoms. The topological polar surface area (TPSA) is 173 Å². The summed E-state index contributed by atoms with van der Waals surface area (Å²) in [6, 6.07) is 37.9. The van der Waals surface area contributed by atoms with Crippen LogP contribution in [0.15, 0.2) is 133 Å². The molecule has 0 spiro atoms. The summed E-state index contributed by atoms with van der Waals surface area (Å²) in [6.45, 7) is 17.7. The Balaban J connectivity index is 0.000000337. The second-order valence-electron chi connectivity index (χ2n) is 20.2. The van der Waals surface area contributed by atoms with Crippen molar-refractivity contribution < 1.29 is 43.0 Å². The van der Waals surface area contributed by atoms with Gasteiger partial charge < -0.3 is 40.0 Å². The van der Waals surface area contributed by atoms with Crippen LogP contribution in [0.2, 0.25) is 10.0 Å². The summed E-state index contributed by atoms with van der Waals surface area (Å²) >= 11 is 12.8. The molecule has 3 N–H and O–H groups in total. The molecule has 0 aliphatic carbocycles. The summed E-state index contributed by atoms with van der Waals surface area (Å²) < 4.78 is 16.0. The van der Waals surface area contributed by atoms with E-state index in [1.165, 1.54) is 11.8 Å². The molecular formula is C58H69Cl2N5O9. The Kier molecular flexibility index (Phi) is 20.7. The lowest BCUT2D eigenvalue weighted by Crippen LogP contribution is -2.63. The molecule has 0 aromatic heterocycles. The number of hydrogen-bond acceptors (Lipinski definition) is 9. The number of alkyl carbamates (subject to hydrolysis) is 1. The van der Waals surface area contributed by atoms with E-state index in [0.717, 1.165) is 27.8 Å². The van der Waals surface area contributed by atoms with Crippen molar-refractivity contribution in [3.05, 3.63) is 177 Å². The Morgan fingerprint density at radius 2 is 1.27 bits per heavy atom. The van der Waals surface area contributed by atoms with Gasteiger partial charge in [-0.25, -0.2) is 9.59 Å². The molecule has 1 aliphatic heterocycles. The molecule has 74 heavy (non-hydrogen) atoms. The number of carbonyl (C=O) groups excluding carboxylic acids is 6. The van der Waals surface area contributed by atoms with Gasteiger partial charge in [0.15, 0.2) is 0 Å². The predicted molar refractivity (Wildman–Crippen MR) is 287 cm³/mol. The minimum Gasteiger partial charge on any atom is -0.444 e. The Labute approximate surface area is 445 Å². The number of ether oxygens (including phenoxy) is 3. The number of halogens is 2. The zero-order chi connectivity index (χ0) is 54.3. The van der Waals surface area contributed by atoms with Crippen LogP contribution in [0.5, 0.6) is 0 Å². The van der Waals surface area contributed by atoms with Crippen molar-refractivity contribution >= 4 is 59.1 Å². The number of carbonyl (C=O) groups is 6. The second kappa shape index (κ2) is 26.4. The van der Waals surface area contributed by atoms with Crippen LogP contribution in [-0.2, 0) is 53.1 Å². The van der Waals surface area contributed by atoms with Crippen molar-refractivity contribution in [1.82, 2.24) is 25.8 Å². The molecule has 1 aliphatic rings. The van der Waals surface area contributed by atoms with Gasteiger partial charge in [0.2, 0.25) is 23.6 Å². The molecule has 1 fully saturated rings. The van der Waals surface area contributed by atoms with Gasteiger partial charge in [0, 0.05) is 35.0 Å². The highest BCUT2D eigenvalue weighted by Gasteiger charge is 2.43. The molecule has 5 aromatic carbocycles. The standard InChI is InChI=1S/C38H48ClN3O7.C20H21ClN2O2/c1-25-18-20-28(21-19-25)23-47-36(46)48-24-38(7,8)41-33(43)32(26(2)29-14-10-9-11-15-29)42(22-30-16-12-13-17-31(30)39)34(44)27(3)40-35(45)49-37(4,5)6;1-13(15-8-4-3-5-9-15)18-19(24)22-14(2)20(25)23(18)12-16-10-6-7-11-17(16)21/h9-21,26-27,32H,22-24H2,1-8H3,(H,40,45)(H,41,43);3-11,13-14,18H,12H2,1-2H3,(H,22,24). The Morgan fingerprint density at radius 1 is 0.730 bits per heavy atom. The van der Waals surface area contributed by atoms with Gasteiger partial charge in [0.1, 0.15) is 43.0 Å². The highest BCUT2D eigenvalue weighted by atomic mass is 35.5. The quantitative estimate of drug-likeness (QED) is 0.0766. The number of rotatable bonds is 17. The highest BCUT2D eigenvalue weighted by molar-refractivity contribution is 6.31. The van der Waals surface area contributed by atoms with Crippen LogP contribution in [0.3, 0.4) is 0 Å². The Hall–Kier alpha value is -6.90. The van der Waals surface area contributed by atoms with Crippen molar-refractivity contribution in [2.24, 2.45) is 0 Å². The molecule has 6 rings (SSSR count). The summed E-state index contributed by atoms with van der Waals surface area (Å²) in [5.41, 5.74) is 3.33. The van der Waals surface area contributed by atoms with E-state index in [9.17, 15) is 28.8 Å². The average Bonchev–Trinajstić information content (AvgIpc) is 3.35. The van der Waals surface area contributed by atoms with Crippen LogP contribution < -0.4 is 16.0 Å². The maximum Gasteiger partial charge on any atom is 0.508 e. The highest BCUT2D eigenvalue weighted by Crippen LogP contribution is 2.31. The third-order valence-corrected chi connectivity index (χ3v) is 13.0. The first-order valence-corrected chi connectivity index (χ1v) is 25.3. The number of nitrogens with one attached hydrogen (secondary N) is 3. The molecule has 6 unspecified atom stereocenters. The van der Waals surface area contributed by atoms with Gasteiger partial charge in [-0.1, -0.05) is 164 Å². The third-order valence-electron chi connectivity index (χ3n) is 12.3. The first kappa shape index (κ1) is 58.0. The summed E-state index contributed by atoms with van der Waals surface area (Å²) in [5, 5.41) is 9.40. The number of aryl methyl sites for hydroxylation is 1. The lowest BCUT2D eigenvalue weighted by molar-refractivity contribution is -0.150. The minimum absolute atomic E-state index is 0.0314. The van der Waals surface area contributed by atoms with Crippen molar-refractivity contribution in [2.75, 3.05) is 6.61 Å². The smallest absolute Gasteiger partial charge is 0.444 e. The van der Waals surface area contributed by atoms with Crippen LogP contribution in [0.4, 0.5) is 9.59 Å². The number of amides is 5. The molecular weight excluding hydrogens is 982 g/mol. The van der Waals surface area contributed by atoms with Gasteiger partial charge >= 0.3 is 12.2 Å². The molecule has 14 nitrogen and oxygen atoms in total. The van der Waals surface area contributed by atoms with E-state index in [4.69, 9.17) is 37.4 Å². The van der Waals surface area contributed by atoms with E-state index in [1.807, 2.05) is 124 Å². The number of nitrogens with zero attached hydrogens (tertiary/aromatic N) is 2. The van der Waals surface area contributed by atoms with Crippen LogP contribution in [0.1, 0.15) is 108 Å². The van der Waals surface area contributed by atoms with Crippen molar-refractivity contribution in [3.63, 3.8) is 0 Å². The van der Waals surface area contributed by atoms with Gasteiger partial charge in [0.25, 0.3) is 0 Å². The lowest BCUT2D eigenvalue weighted by Gasteiger charge is -2.41. The first-order chi connectivity index (χ1) is 34.9. The fourth-order valence-electron chi connectivity index (χ4n) is 8.36. The fourth-order valence-corrected chi connectivity index (χ4v) is 8.75. The summed E-state index contributed by atoms with van der Waals surface area (Å²) in [7, 11) is 0. The molecule has 0 saturated carbocycles. The molecule has 394 valence electrons. The van der Waals surface area contributed by atoms with Crippen molar-refractivity contribution in [3.8, 4) is 0 Å². The summed E-state index contributed by atoms with van der Waals surface area (Å²) in [4.78, 5) is 82.4. The molecule has 5 aromatic rings. The molecule has 5 amide bonds. The fraction of sp³-hybridized carbons (Fsp3) is 0.379. The summed E-state index contributed by atoms with van der Waals surface area (Å²) in [5.74, 6) is -1.88. The minimum atomic E-state index is -1.08. The van der Waals surface area contributed by atoms with E-state index < -0.39 is 65.3 Å². The van der Waals surface area contributed by atoms with E-state index in [-0.39, 0.29) is 37.5 Å². The first-order valence-electron chi connectivity index (χ1n) is 24.6. The zero-order valence-electron chi connectivity index (χ0n) is 43.8. The summed E-state index contributed by atoms with van der Waals surface area (Å²) in [6.07, 6.45) is -1.65. The molecule has 1 saturated heterocycles. The zero-order valence-corrected chi connectivity index (χ0v) is 45.3. The van der Waals surface area contributed by atoms with Crippen molar-refractivity contribution in [2.45, 2.75) is 136 Å². The van der Waals surface area contributed by atoms with Crippen LogP contribution >= 0.6 is 23.2 Å². The maximum atomic E-state index is 14.4. The van der Waals surface area contributed by atoms with Crippen LogP contribution in [0.25, 0.3) is 0 Å². The largest absolute Gasteiger partial charge is 0.508 e. The van der Waals surface area contributed by atoms with E-state index in [0.29, 0.717) is 22.2 Å². The van der Waals surface area contributed by atoms with E-state index >= 15 is 0 Å². The number of benzene rings is 5. The monoisotopic (exact) mass is 1050 g/mol. The van der Waals surface area contributed by atoms with E-state index in [1.54, 1.807) is 76.8 Å². The number of hydrogen-bond donors (Lipinski definition) is 3. The molecule has 1 heterocycles. The van der Waals surface area contributed by atoms with Gasteiger partial charge in [-0.15, -0.1) is 0 Å². The number of piperazine rings is 1. The third kappa shape index (κ3) is 16.8. The normalized spacial score (nSPS) is 16.2. The lowest BCUT2D eigenvalue weighted by atomic mass is 9.89. The predicted octanol–water partition coefficient (Wildman–Crippen LogP) is 10.7. The molecule has 0 radical (unpaired) electrons. The Morgan fingerprint density at radius 3 is 1.84 bits per heavy atom. The van der Waals surface area contributed by atoms with Gasteiger partial charge in [0.05, 0.1) is 5.54 Å². The maximum absolute atomic E-state index is 14.4. The average molecular weight is 1050 g/mol. The van der Waals surface area contributed by atoms with Gasteiger partial charge in [-0.2, -0.15) is 0 Å². The van der Waals surface area contributed by atoms with Crippen molar-refractivity contribution in [1.29, 1.82) is 0 Å².